The van der Waals surface area contributed by atoms with Crippen molar-refractivity contribution in [3.63, 3.8) is 0 Å². The van der Waals surface area contributed by atoms with Crippen LogP contribution in [0.4, 0.5) is 18.9 Å². The average molecular weight is 498 g/mol. The number of hydrogen-bond donors (Lipinski definition) is 0. The summed E-state index contributed by atoms with van der Waals surface area (Å²) < 4.78 is 44.4. The van der Waals surface area contributed by atoms with E-state index in [1.165, 1.54) is 24.1 Å². The molecule has 0 aliphatic carbocycles. The van der Waals surface area contributed by atoms with Gasteiger partial charge in [0.25, 0.3) is 0 Å². The number of hydrogen-bond acceptors (Lipinski definition) is 3. The van der Waals surface area contributed by atoms with E-state index in [0.29, 0.717) is 23.4 Å². The maximum absolute atomic E-state index is 14.8. The van der Waals surface area contributed by atoms with Crippen molar-refractivity contribution in [2.45, 2.75) is 37.1 Å². The molecule has 0 saturated heterocycles. The summed E-state index contributed by atoms with van der Waals surface area (Å²) in [5.74, 6) is -1.58. The molecule has 0 heterocycles. The Labute approximate surface area is 199 Å². The Morgan fingerprint density at radius 1 is 1.00 bits per heavy atom. The van der Waals surface area contributed by atoms with Crippen molar-refractivity contribution >= 4 is 46.1 Å². The summed E-state index contributed by atoms with van der Waals surface area (Å²) >= 11 is 12.6. The first-order valence-electron chi connectivity index (χ1n) is 9.89. The van der Waals surface area contributed by atoms with Gasteiger partial charge < -0.3 is 4.31 Å². The van der Waals surface area contributed by atoms with Crippen LogP contribution in [0.1, 0.15) is 36.9 Å². The van der Waals surface area contributed by atoms with E-state index in [0.717, 1.165) is 28.7 Å². The van der Waals surface area contributed by atoms with Gasteiger partial charge in [-0.25, -0.2) is 13.2 Å². The van der Waals surface area contributed by atoms with Crippen molar-refractivity contribution in [2.24, 2.45) is 0 Å². The molecule has 168 valence electrons. The zero-order chi connectivity index (χ0) is 23.3. The van der Waals surface area contributed by atoms with E-state index in [2.05, 4.69) is 0 Å². The zero-order valence-electron chi connectivity index (χ0n) is 17.1. The monoisotopic (exact) mass is 497 g/mol. The molecule has 8 heteroatoms. The van der Waals surface area contributed by atoms with Crippen molar-refractivity contribution in [3.8, 4) is 0 Å². The molecule has 0 aromatic heterocycles. The third-order valence-electron chi connectivity index (χ3n) is 4.89. The fraction of sp³-hybridized carbons (Fsp3) is 0.208. The van der Waals surface area contributed by atoms with E-state index < -0.39 is 28.7 Å². The topological polar surface area (TPSA) is 20.3 Å². The van der Waals surface area contributed by atoms with Gasteiger partial charge >= 0.3 is 0 Å². The Balaban J connectivity index is 2.01. The number of nitrogens with zero attached hydrogens (tertiary/aromatic N) is 1. The Kier molecular flexibility index (Phi) is 8.51. The molecular formula is C24H20Cl2F3NOS. The van der Waals surface area contributed by atoms with E-state index in [9.17, 15) is 18.0 Å². The summed E-state index contributed by atoms with van der Waals surface area (Å²) in [6, 6.07) is 14.1. The minimum Gasteiger partial charge on any atom is -0.302 e. The Morgan fingerprint density at radius 3 is 2.34 bits per heavy atom. The van der Waals surface area contributed by atoms with Gasteiger partial charge in [0.15, 0.2) is 0 Å². The van der Waals surface area contributed by atoms with Gasteiger partial charge in [0.05, 0.1) is 11.7 Å². The standard InChI is InChI=1S/C24H20Cl2F3NOS/c1-15(21-11-7-18(27)13-16(21)3-2-4-24(26)31)30(23-14-19(28)8-12-22(23)29)32-20-9-5-17(25)6-10-20/h5-15H,2-4H2,1H3. The summed E-state index contributed by atoms with van der Waals surface area (Å²) in [6.45, 7) is 1.83. The quantitative estimate of drug-likeness (QED) is 0.220. The lowest BCUT2D eigenvalue weighted by atomic mass is 9.97. The molecule has 0 fully saturated rings. The number of rotatable bonds is 9. The zero-order valence-corrected chi connectivity index (χ0v) is 19.5. The third-order valence-corrected chi connectivity index (χ3v) is 6.52. The Hall–Kier alpha value is -2.15. The summed E-state index contributed by atoms with van der Waals surface area (Å²) in [5.41, 5.74) is 1.47. The maximum Gasteiger partial charge on any atom is 0.221 e. The number of anilines is 1. The second-order valence-electron chi connectivity index (χ2n) is 7.19. The molecule has 0 bridgehead atoms. The highest BCUT2D eigenvalue weighted by molar-refractivity contribution is 8.00. The summed E-state index contributed by atoms with van der Waals surface area (Å²) in [5, 5.41) is 0.0956. The molecule has 3 rings (SSSR count). The molecular weight excluding hydrogens is 478 g/mol. The molecule has 0 saturated carbocycles. The van der Waals surface area contributed by atoms with Gasteiger partial charge in [-0.2, -0.15) is 0 Å². The van der Waals surface area contributed by atoms with Crippen LogP contribution < -0.4 is 4.31 Å². The lowest BCUT2D eigenvalue weighted by molar-refractivity contribution is -0.111. The van der Waals surface area contributed by atoms with Crippen LogP contribution in [0.5, 0.6) is 0 Å². The fourth-order valence-corrected chi connectivity index (χ4v) is 4.60. The summed E-state index contributed by atoms with van der Waals surface area (Å²) in [4.78, 5) is 11.9. The first kappa shape index (κ1) is 24.5. The smallest absolute Gasteiger partial charge is 0.221 e. The van der Waals surface area contributed by atoms with Crippen LogP contribution >= 0.6 is 35.1 Å². The van der Waals surface area contributed by atoms with Crippen LogP contribution in [-0.4, -0.2) is 5.24 Å². The molecule has 0 amide bonds. The van der Waals surface area contributed by atoms with Gasteiger partial charge in [-0.15, -0.1) is 0 Å². The fourth-order valence-electron chi connectivity index (χ4n) is 3.34. The molecule has 0 aliphatic heterocycles. The van der Waals surface area contributed by atoms with E-state index in [4.69, 9.17) is 23.2 Å². The largest absolute Gasteiger partial charge is 0.302 e. The van der Waals surface area contributed by atoms with Crippen LogP contribution in [-0.2, 0) is 11.2 Å². The number of carbonyl (C=O) groups is 1. The molecule has 0 spiro atoms. The first-order valence-corrected chi connectivity index (χ1v) is 11.4. The predicted octanol–water partition coefficient (Wildman–Crippen LogP) is 8.12. The predicted molar refractivity (Wildman–Crippen MR) is 125 cm³/mol. The second kappa shape index (κ2) is 11.1. The first-order chi connectivity index (χ1) is 15.2. The maximum atomic E-state index is 14.8. The van der Waals surface area contributed by atoms with E-state index in [-0.39, 0.29) is 12.1 Å². The highest BCUT2D eigenvalue weighted by Crippen LogP contribution is 2.40. The minimum atomic E-state index is -0.587. The molecule has 1 unspecified atom stereocenters. The van der Waals surface area contributed by atoms with Crippen molar-refractivity contribution in [1.82, 2.24) is 0 Å². The summed E-state index contributed by atoms with van der Waals surface area (Å²) in [7, 11) is 0. The Morgan fingerprint density at radius 2 is 1.66 bits per heavy atom. The van der Waals surface area contributed by atoms with E-state index in [1.54, 1.807) is 34.6 Å². The minimum absolute atomic E-state index is 0.0589. The van der Waals surface area contributed by atoms with Gasteiger partial charge in [-0.1, -0.05) is 17.7 Å². The number of benzene rings is 3. The molecule has 1 atom stereocenters. The Bertz CT molecular complexity index is 1100. The van der Waals surface area contributed by atoms with E-state index >= 15 is 0 Å². The van der Waals surface area contributed by atoms with Gasteiger partial charge in [0.1, 0.15) is 17.5 Å². The van der Waals surface area contributed by atoms with Crippen LogP contribution in [0.3, 0.4) is 0 Å². The van der Waals surface area contributed by atoms with Crippen LogP contribution in [0.25, 0.3) is 0 Å². The van der Waals surface area contributed by atoms with Gasteiger partial charge in [-0.3, -0.25) is 4.79 Å². The molecule has 3 aromatic rings. The third kappa shape index (κ3) is 6.44. The average Bonchev–Trinajstić information content (AvgIpc) is 2.75. The number of aryl methyl sites for hydroxylation is 1. The second-order valence-corrected chi connectivity index (χ2v) is 9.10. The number of halogens is 5. The lowest BCUT2D eigenvalue weighted by Gasteiger charge is -2.32. The molecule has 2 nitrogen and oxygen atoms in total. The normalized spacial score (nSPS) is 11.9. The van der Waals surface area contributed by atoms with E-state index in [1.807, 2.05) is 6.92 Å². The van der Waals surface area contributed by atoms with Gasteiger partial charge in [-0.05, 0) is 103 Å². The van der Waals surface area contributed by atoms with Crippen LogP contribution in [0, 0.1) is 17.5 Å². The van der Waals surface area contributed by atoms with Crippen LogP contribution in [0.2, 0.25) is 5.02 Å². The van der Waals surface area contributed by atoms with Crippen LogP contribution in [0.15, 0.2) is 65.6 Å². The molecule has 32 heavy (non-hydrogen) atoms. The highest BCUT2D eigenvalue weighted by atomic mass is 35.5. The number of carbonyl (C=O) groups excluding carboxylic acids is 1. The van der Waals surface area contributed by atoms with Crippen molar-refractivity contribution in [1.29, 1.82) is 0 Å². The SMILES string of the molecule is CC(c1ccc(F)cc1CCCC(=O)Cl)N(Sc1ccc(Cl)cc1)c1cc(F)ccc1F. The van der Waals surface area contributed by atoms with Gasteiger partial charge in [0, 0.05) is 22.4 Å². The highest BCUT2D eigenvalue weighted by Gasteiger charge is 2.24. The lowest BCUT2D eigenvalue weighted by Crippen LogP contribution is -2.22. The van der Waals surface area contributed by atoms with Gasteiger partial charge in [0.2, 0.25) is 5.24 Å². The molecule has 0 aliphatic rings. The molecule has 3 aromatic carbocycles. The van der Waals surface area contributed by atoms with Crippen molar-refractivity contribution in [2.75, 3.05) is 4.31 Å². The molecule has 0 N–H and O–H groups in total. The molecule has 0 radical (unpaired) electrons. The summed E-state index contributed by atoms with van der Waals surface area (Å²) in [6.07, 6.45) is 1.03. The van der Waals surface area contributed by atoms with Crippen molar-refractivity contribution in [3.05, 3.63) is 94.3 Å². The van der Waals surface area contributed by atoms with Crippen molar-refractivity contribution < 1.29 is 18.0 Å².